The Morgan fingerprint density at radius 2 is 2.12 bits per heavy atom. The number of halogens is 1. The number of benzene rings is 1. The average molecular weight is 364 g/mol. The maximum Gasteiger partial charge on any atom is 0.114 e. The zero-order valence-corrected chi connectivity index (χ0v) is 15.1. The van der Waals surface area contributed by atoms with Gasteiger partial charge in [-0.05, 0) is 37.5 Å². The van der Waals surface area contributed by atoms with Gasteiger partial charge in [0.05, 0.1) is 22.9 Å². The molecule has 1 aromatic carbocycles. The Morgan fingerprint density at radius 1 is 1.29 bits per heavy atom. The molecule has 0 saturated heterocycles. The minimum atomic E-state index is 0.194. The van der Waals surface area contributed by atoms with Gasteiger partial charge in [0.25, 0.3) is 0 Å². The number of nitrogens with zero attached hydrogens (tertiary/aromatic N) is 1. The standard InChI is InChI=1S/C18H22ClN3OS/c19-12-7-11-8-16(18-21-14(5-6-23)10-24-18)22-17(11)15(9-12)20-13-3-1-2-4-13/h7-9,13-14,20,22-23H,1-6,10H2. The minimum absolute atomic E-state index is 0.194. The van der Waals surface area contributed by atoms with Gasteiger partial charge in [-0.1, -0.05) is 24.4 Å². The van der Waals surface area contributed by atoms with Crippen molar-refractivity contribution >= 4 is 45.0 Å². The van der Waals surface area contributed by atoms with E-state index in [4.69, 9.17) is 21.7 Å². The highest BCUT2D eigenvalue weighted by Gasteiger charge is 2.22. The molecule has 2 aliphatic rings. The van der Waals surface area contributed by atoms with Crippen molar-refractivity contribution in [2.75, 3.05) is 17.7 Å². The molecule has 128 valence electrons. The highest BCUT2D eigenvalue weighted by Crippen LogP contribution is 2.33. The smallest absolute Gasteiger partial charge is 0.114 e. The summed E-state index contributed by atoms with van der Waals surface area (Å²) in [5, 5.41) is 15.7. The number of anilines is 1. The van der Waals surface area contributed by atoms with Gasteiger partial charge < -0.3 is 15.4 Å². The Morgan fingerprint density at radius 3 is 2.92 bits per heavy atom. The first kappa shape index (κ1) is 16.3. The van der Waals surface area contributed by atoms with Crippen LogP contribution in [0.15, 0.2) is 23.2 Å². The average Bonchev–Trinajstić information content (AvgIpc) is 3.26. The highest BCUT2D eigenvalue weighted by atomic mass is 35.5. The number of aliphatic imine (C=N–C) groups is 1. The summed E-state index contributed by atoms with van der Waals surface area (Å²) >= 11 is 8.08. The fourth-order valence-corrected chi connectivity index (χ4v) is 4.89. The fraction of sp³-hybridized carbons (Fsp3) is 0.500. The molecule has 1 atom stereocenters. The molecule has 4 nitrogen and oxygen atoms in total. The van der Waals surface area contributed by atoms with Crippen LogP contribution in [0.3, 0.4) is 0 Å². The first-order valence-electron chi connectivity index (χ1n) is 8.63. The van der Waals surface area contributed by atoms with Gasteiger partial charge in [-0.25, -0.2) is 0 Å². The van der Waals surface area contributed by atoms with Crippen LogP contribution in [0.1, 0.15) is 37.8 Å². The topological polar surface area (TPSA) is 60.4 Å². The van der Waals surface area contributed by atoms with Gasteiger partial charge in [0.1, 0.15) is 5.04 Å². The van der Waals surface area contributed by atoms with Crippen LogP contribution in [-0.4, -0.2) is 39.6 Å². The molecule has 0 radical (unpaired) electrons. The molecular weight excluding hydrogens is 342 g/mol. The maximum atomic E-state index is 9.09. The molecule has 24 heavy (non-hydrogen) atoms. The quantitative estimate of drug-likeness (QED) is 0.736. The van der Waals surface area contributed by atoms with E-state index in [1.807, 2.05) is 12.1 Å². The summed E-state index contributed by atoms with van der Waals surface area (Å²) in [6.45, 7) is 0.194. The second-order valence-electron chi connectivity index (χ2n) is 6.64. The summed E-state index contributed by atoms with van der Waals surface area (Å²) in [5.74, 6) is 0.944. The third-order valence-corrected chi connectivity index (χ3v) is 6.18. The summed E-state index contributed by atoms with van der Waals surface area (Å²) in [7, 11) is 0. The molecule has 2 heterocycles. The van der Waals surface area contributed by atoms with E-state index in [0.29, 0.717) is 6.04 Å². The molecule has 6 heteroatoms. The lowest BCUT2D eigenvalue weighted by atomic mass is 10.2. The Kier molecular flexibility index (Phi) is 4.74. The molecule has 3 N–H and O–H groups in total. The van der Waals surface area contributed by atoms with E-state index >= 15 is 0 Å². The maximum absolute atomic E-state index is 9.09. The molecule has 1 unspecified atom stereocenters. The van der Waals surface area contributed by atoms with Crippen molar-refractivity contribution in [1.29, 1.82) is 0 Å². The van der Waals surface area contributed by atoms with Crippen molar-refractivity contribution in [3.8, 4) is 0 Å². The van der Waals surface area contributed by atoms with Crippen molar-refractivity contribution in [3.63, 3.8) is 0 Å². The highest BCUT2D eigenvalue weighted by molar-refractivity contribution is 8.14. The van der Waals surface area contributed by atoms with Crippen molar-refractivity contribution < 1.29 is 5.11 Å². The summed E-state index contributed by atoms with van der Waals surface area (Å²) in [5.41, 5.74) is 3.24. The molecule has 1 fully saturated rings. The number of rotatable bonds is 5. The third kappa shape index (κ3) is 3.30. The predicted molar refractivity (Wildman–Crippen MR) is 104 cm³/mol. The Bertz CT molecular complexity index is 767. The SMILES string of the molecule is OCCC1CSC(c2cc3cc(Cl)cc(NC4CCCC4)c3[nH]2)=N1. The van der Waals surface area contributed by atoms with Crippen molar-refractivity contribution in [2.24, 2.45) is 4.99 Å². The van der Waals surface area contributed by atoms with Crippen LogP contribution in [0, 0.1) is 0 Å². The summed E-state index contributed by atoms with van der Waals surface area (Å²) in [6, 6.07) is 6.92. The van der Waals surface area contributed by atoms with Crippen molar-refractivity contribution in [3.05, 3.63) is 28.9 Å². The van der Waals surface area contributed by atoms with E-state index in [-0.39, 0.29) is 12.6 Å². The Hall–Kier alpha value is -1.17. The monoisotopic (exact) mass is 363 g/mol. The van der Waals surface area contributed by atoms with Gasteiger partial charge in [-0.15, -0.1) is 11.8 Å². The van der Waals surface area contributed by atoms with E-state index in [1.54, 1.807) is 11.8 Å². The number of hydrogen-bond acceptors (Lipinski definition) is 4. The number of nitrogens with one attached hydrogen (secondary N) is 2. The van der Waals surface area contributed by atoms with E-state index in [9.17, 15) is 0 Å². The van der Waals surface area contributed by atoms with Crippen LogP contribution in [0.4, 0.5) is 5.69 Å². The normalized spacial score (nSPS) is 21.6. The van der Waals surface area contributed by atoms with Crippen LogP contribution in [0.25, 0.3) is 10.9 Å². The summed E-state index contributed by atoms with van der Waals surface area (Å²) < 4.78 is 0. The molecule has 2 aromatic rings. The zero-order valence-electron chi connectivity index (χ0n) is 13.5. The van der Waals surface area contributed by atoms with Gasteiger partial charge in [0, 0.05) is 28.8 Å². The first-order valence-corrected chi connectivity index (χ1v) is 10.00. The van der Waals surface area contributed by atoms with Gasteiger partial charge in [0.2, 0.25) is 0 Å². The Labute approximate surface area is 151 Å². The third-order valence-electron chi connectivity index (χ3n) is 4.81. The zero-order chi connectivity index (χ0) is 16.5. The Balaban J connectivity index is 1.66. The van der Waals surface area contributed by atoms with Crippen LogP contribution < -0.4 is 5.32 Å². The lowest BCUT2D eigenvalue weighted by molar-refractivity contribution is 0.280. The molecule has 1 aliphatic carbocycles. The van der Waals surface area contributed by atoms with Crippen molar-refractivity contribution in [2.45, 2.75) is 44.2 Å². The lowest BCUT2D eigenvalue weighted by Gasteiger charge is -2.14. The van der Waals surface area contributed by atoms with Gasteiger partial charge in [0.15, 0.2) is 0 Å². The van der Waals surface area contributed by atoms with Gasteiger partial charge in [-0.3, -0.25) is 4.99 Å². The first-order chi connectivity index (χ1) is 11.7. The molecule has 0 bridgehead atoms. The number of aromatic nitrogens is 1. The van der Waals surface area contributed by atoms with Gasteiger partial charge in [-0.2, -0.15) is 0 Å². The number of H-pyrrole nitrogens is 1. The second-order valence-corrected chi connectivity index (χ2v) is 8.08. The predicted octanol–water partition coefficient (Wildman–Crippen LogP) is 4.42. The summed E-state index contributed by atoms with van der Waals surface area (Å²) in [4.78, 5) is 8.27. The van der Waals surface area contributed by atoms with Gasteiger partial charge >= 0.3 is 0 Å². The lowest BCUT2D eigenvalue weighted by Crippen LogP contribution is -2.14. The van der Waals surface area contributed by atoms with Crippen LogP contribution in [-0.2, 0) is 0 Å². The molecule has 0 amide bonds. The number of aromatic amines is 1. The molecule has 4 rings (SSSR count). The number of fused-ring (bicyclic) bond motifs is 1. The summed E-state index contributed by atoms with van der Waals surface area (Å²) in [6.07, 6.45) is 5.80. The fourth-order valence-electron chi connectivity index (χ4n) is 3.59. The number of thioether (sulfide) groups is 1. The van der Waals surface area contributed by atoms with E-state index in [2.05, 4.69) is 16.4 Å². The number of hydrogen-bond donors (Lipinski definition) is 3. The van der Waals surface area contributed by atoms with Crippen LogP contribution in [0.2, 0.25) is 5.02 Å². The van der Waals surface area contributed by atoms with E-state index < -0.39 is 0 Å². The van der Waals surface area contributed by atoms with E-state index in [1.165, 1.54) is 25.7 Å². The minimum Gasteiger partial charge on any atom is -0.396 e. The molecule has 1 aromatic heterocycles. The molecule has 0 spiro atoms. The molecular formula is C18H22ClN3OS. The van der Waals surface area contributed by atoms with E-state index in [0.717, 1.165) is 44.5 Å². The molecule has 1 aliphatic heterocycles. The number of aliphatic hydroxyl groups excluding tert-OH is 1. The molecule has 1 saturated carbocycles. The number of aliphatic hydroxyl groups is 1. The largest absolute Gasteiger partial charge is 0.396 e. The second kappa shape index (κ2) is 6.98. The van der Waals surface area contributed by atoms with Crippen molar-refractivity contribution in [1.82, 2.24) is 4.98 Å². The van der Waals surface area contributed by atoms with Crippen LogP contribution in [0.5, 0.6) is 0 Å². The van der Waals surface area contributed by atoms with Crippen LogP contribution >= 0.6 is 23.4 Å².